The summed E-state index contributed by atoms with van der Waals surface area (Å²) < 4.78 is 5.01. The lowest BCUT2D eigenvalue weighted by atomic mass is 10.2. The summed E-state index contributed by atoms with van der Waals surface area (Å²) in [5.74, 6) is -0.978. The standard InChI is InChI=1S/C20H24ClN3O3/c1-3-24(16-6-4-5-14(2)11-16)10-9-23-19(25)13-27-20(26)15-7-8-17(21)18(22)12-15/h4-8,11-12H,3,9-10,13,22H2,1-2H3,(H,23,25). The highest BCUT2D eigenvalue weighted by atomic mass is 35.5. The van der Waals surface area contributed by atoms with E-state index < -0.39 is 5.97 Å². The highest BCUT2D eigenvalue weighted by molar-refractivity contribution is 6.33. The summed E-state index contributed by atoms with van der Waals surface area (Å²) in [6, 6.07) is 12.6. The van der Waals surface area contributed by atoms with Gasteiger partial charge in [0.25, 0.3) is 5.91 Å². The number of nitrogens with zero attached hydrogens (tertiary/aromatic N) is 1. The largest absolute Gasteiger partial charge is 0.452 e. The summed E-state index contributed by atoms with van der Waals surface area (Å²) in [5.41, 5.74) is 8.48. The molecule has 0 spiro atoms. The Balaban J connectivity index is 1.77. The number of nitrogens with two attached hydrogens (primary N) is 1. The third-order valence-corrected chi connectivity index (χ3v) is 4.36. The van der Waals surface area contributed by atoms with E-state index in [2.05, 4.69) is 23.2 Å². The molecule has 2 aromatic rings. The number of esters is 1. The zero-order chi connectivity index (χ0) is 19.8. The van der Waals surface area contributed by atoms with Gasteiger partial charge in [-0.1, -0.05) is 23.7 Å². The molecule has 0 aliphatic heterocycles. The molecule has 0 bridgehead atoms. The normalized spacial score (nSPS) is 10.3. The minimum absolute atomic E-state index is 0.251. The number of benzene rings is 2. The van der Waals surface area contributed by atoms with E-state index >= 15 is 0 Å². The van der Waals surface area contributed by atoms with Crippen LogP contribution in [0.1, 0.15) is 22.8 Å². The van der Waals surface area contributed by atoms with Crippen LogP contribution in [0.2, 0.25) is 5.02 Å². The van der Waals surface area contributed by atoms with Crippen LogP contribution in [0.4, 0.5) is 11.4 Å². The molecule has 0 saturated carbocycles. The molecule has 0 saturated heterocycles. The van der Waals surface area contributed by atoms with Crippen LogP contribution >= 0.6 is 11.6 Å². The lowest BCUT2D eigenvalue weighted by Gasteiger charge is -2.23. The van der Waals surface area contributed by atoms with E-state index in [9.17, 15) is 9.59 Å². The predicted molar refractivity (Wildman–Crippen MR) is 108 cm³/mol. The van der Waals surface area contributed by atoms with Crippen molar-refractivity contribution in [3.05, 3.63) is 58.6 Å². The Morgan fingerprint density at radius 1 is 1.22 bits per heavy atom. The summed E-state index contributed by atoms with van der Waals surface area (Å²) in [4.78, 5) is 26.0. The van der Waals surface area contributed by atoms with Gasteiger partial charge in [0.2, 0.25) is 0 Å². The van der Waals surface area contributed by atoms with Crippen LogP contribution in [0.15, 0.2) is 42.5 Å². The number of aryl methyl sites for hydroxylation is 1. The molecule has 2 rings (SSSR count). The number of carbonyl (C=O) groups excluding carboxylic acids is 2. The van der Waals surface area contributed by atoms with Gasteiger partial charge in [-0.05, 0) is 49.7 Å². The number of hydrogen-bond donors (Lipinski definition) is 2. The number of anilines is 2. The first kappa shape index (κ1) is 20.6. The second kappa shape index (κ2) is 9.83. The quantitative estimate of drug-likeness (QED) is 0.535. The summed E-state index contributed by atoms with van der Waals surface area (Å²) in [6.07, 6.45) is 0. The van der Waals surface area contributed by atoms with Crippen molar-refractivity contribution < 1.29 is 14.3 Å². The summed E-state index contributed by atoms with van der Waals surface area (Å²) in [7, 11) is 0. The summed E-state index contributed by atoms with van der Waals surface area (Å²) in [5, 5.41) is 3.12. The fourth-order valence-electron chi connectivity index (χ4n) is 2.56. The fourth-order valence-corrected chi connectivity index (χ4v) is 2.68. The molecule has 0 aliphatic rings. The molecular weight excluding hydrogens is 366 g/mol. The summed E-state index contributed by atoms with van der Waals surface area (Å²) in [6.45, 7) is 5.69. The second-order valence-electron chi connectivity index (χ2n) is 6.08. The molecule has 0 heterocycles. The van der Waals surface area contributed by atoms with Crippen molar-refractivity contribution in [3.8, 4) is 0 Å². The lowest BCUT2D eigenvalue weighted by Crippen LogP contribution is -2.36. The molecule has 0 unspecified atom stereocenters. The smallest absolute Gasteiger partial charge is 0.338 e. The van der Waals surface area contributed by atoms with Crippen molar-refractivity contribution >= 4 is 34.9 Å². The molecule has 1 amide bonds. The van der Waals surface area contributed by atoms with Gasteiger partial charge >= 0.3 is 5.97 Å². The molecule has 0 aromatic heterocycles. The highest BCUT2D eigenvalue weighted by Gasteiger charge is 2.12. The zero-order valence-corrected chi connectivity index (χ0v) is 16.3. The van der Waals surface area contributed by atoms with E-state index in [0.717, 1.165) is 12.2 Å². The Labute approximate surface area is 164 Å². The number of ether oxygens (including phenoxy) is 1. The molecular formula is C20H24ClN3O3. The number of likely N-dealkylation sites (N-methyl/N-ethyl adjacent to an activating group) is 1. The van der Waals surface area contributed by atoms with Gasteiger partial charge in [-0.25, -0.2) is 4.79 Å². The van der Waals surface area contributed by atoms with Gasteiger partial charge in [-0.2, -0.15) is 0 Å². The maximum Gasteiger partial charge on any atom is 0.338 e. The lowest BCUT2D eigenvalue weighted by molar-refractivity contribution is -0.124. The van der Waals surface area contributed by atoms with Crippen LogP contribution in [-0.4, -0.2) is 38.1 Å². The van der Waals surface area contributed by atoms with Gasteiger partial charge < -0.3 is 20.7 Å². The SMILES string of the molecule is CCN(CCNC(=O)COC(=O)c1ccc(Cl)c(N)c1)c1cccc(C)c1. The van der Waals surface area contributed by atoms with Crippen LogP contribution in [-0.2, 0) is 9.53 Å². The van der Waals surface area contributed by atoms with Crippen molar-refractivity contribution in [2.75, 3.05) is 36.9 Å². The second-order valence-corrected chi connectivity index (χ2v) is 6.49. The van der Waals surface area contributed by atoms with Gasteiger partial charge in [0.15, 0.2) is 6.61 Å². The van der Waals surface area contributed by atoms with E-state index in [1.54, 1.807) is 0 Å². The van der Waals surface area contributed by atoms with Gasteiger partial charge in [0, 0.05) is 25.3 Å². The van der Waals surface area contributed by atoms with Crippen molar-refractivity contribution in [1.29, 1.82) is 0 Å². The number of rotatable bonds is 8. The number of nitrogens with one attached hydrogen (secondary N) is 1. The zero-order valence-electron chi connectivity index (χ0n) is 15.5. The van der Waals surface area contributed by atoms with Gasteiger partial charge in [-0.15, -0.1) is 0 Å². The van der Waals surface area contributed by atoms with Crippen LogP contribution in [0.3, 0.4) is 0 Å². The van der Waals surface area contributed by atoms with Gasteiger partial charge in [0.05, 0.1) is 16.3 Å². The number of nitrogen functional groups attached to an aromatic ring is 1. The molecule has 0 atom stereocenters. The van der Waals surface area contributed by atoms with Gasteiger partial charge in [-0.3, -0.25) is 4.79 Å². The van der Waals surface area contributed by atoms with Crippen LogP contribution in [0, 0.1) is 6.92 Å². The molecule has 2 aromatic carbocycles. The average Bonchev–Trinajstić information content (AvgIpc) is 2.65. The molecule has 3 N–H and O–H groups in total. The minimum Gasteiger partial charge on any atom is -0.452 e. The number of amides is 1. The molecule has 144 valence electrons. The van der Waals surface area contributed by atoms with Crippen molar-refractivity contribution in [2.24, 2.45) is 0 Å². The molecule has 27 heavy (non-hydrogen) atoms. The van der Waals surface area contributed by atoms with Crippen molar-refractivity contribution in [1.82, 2.24) is 5.32 Å². The minimum atomic E-state index is -0.622. The van der Waals surface area contributed by atoms with E-state index in [1.807, 2.05) is 25.1 Å². The van der Waals surface area contributed by atoms with Crippen LogP contribution in [0.25, 0.3) is 0 Å². The first-order chi connectivity index (χ1) is 12.9. The highest BCUT2D eigenvalue weighted by Crippen LogP contribution is 2.20. The number of hydrogen-bond acceptors (Lipinski definition) is 5. The maximum atomic E-state index is 11.9. The van der Waals surface area contributed by atoms with Gasteiger partial charge in [0.1, 0.15) is 0 Å². The fraction of sp³-hybridized carbons (Fsp3) is 0.300. The summed E-state index contributed by atoms with van der Waals surface area (Å²) >= 11 is 5.82. The van der Waals surface area contributed by atoms with Crippen LogP contribution in [0.5, 0.6) is 0 Å². The molecule has 0 fully saturated rings. The monoisotopic (exact) mass is 389 g/mol. The Morgan fingerprint density at radius 2 is 2.00 bits per heavy atom. The van der Waals surface area contributed by atoms with Crippen LogP contribution < -0.4 is 16.0 Å². The Morgan fingerprint density at radius 3 is 2.67 bits per heavy atom. The molecule has 7 heteroatoms. The topological polar surface area (TPSA) is 84.7 Å². The van der Waals surface area contributed by atoms with E-state index in [4.69, 9.17) is 22.1 Å². The van der Waals surface area contributed by atoms with Crippen molar-refractivity contribution in [2.45, 2.75) is 13.8 Å². The Kier molecular flexibility index (Phi) is 7.49. The third-order valence-electron chi connectivity index (χ3n) is 4.02. The number of carbonyl (C=O) groups is 2. The third kappa shape index (κ3) is 6.18. The first-order valence-electron chi connectivity index (χ1n) is 8.71. The van der Waals surface area contributed by atoms with E-state index in [-0.39, 0.29) is 23.8 Å². The van der Waals surface area contributed by atoms with Crippen molar-refractivity contribution in [3.63, 3.8) is 0 Å². The maximum absolute atomic E-state index is 11.9. The molecule has 0 aliphatic carbocycles. The Bertz CT molecular complexity index is 811. The average molecular weight is 390 g/mol. The molecule has 6 nitrogen and oxygen atoms in total. The number of halogens is 1. The predicted octanol–water partition coefficient (Wildman–Crippen LogP) is 3.03. The molecule has 0 radical (unpaired) electrons. The first-order valence-corrected chi connectivity index (χ1v) is 9.09. The van der Waals surface area contributed by atoms with E-state index in [0.29, 0.717) is 18.1 Å². The van der Waals surface area contributed by atoms with E-state index in [1.165, 1.54) is 23.8 Å². The Hall–Kier alpha value is -2.73.